The van der Waals surface area contributed by atoms with Crippen LogP contribution < -0.4 is 10.7 Å². The van der Waals surface area contributed by atoms with E-state index in [9.17, 15) is 9.59 Å². The number of carbonyl (C=O) groups excluding carboxylic acids is 2. The van der Waals surface area contributed by atoms with E-state index in [0.717, 1.165) is 36.2 Å². The Morgan fingerprint density at radius 2 is 1.71 bits per heavy atom. The predicted molar refractivity (Wildman–Crippen MR) is 99.2 cm³/mol. The molecule has 2 N–H and O–H groups in total. The first-order chi connectivity index (χ1) is 11.4. The van der Waals surface area contributed by atoms with E-state index in [4.69, 9.17) is 0 Å². The van der Waals surface area contributed by atoms with Crippen LogP contribution in [0.2, 0.25) is 0 Å². The van der Waals surface area contributed by atoms with Gasteiger partial charge in [0.2, 0.25) is 11.8 Å². The molecule has 0 unspecified atom stereocenters. The summed E-state index contributed by atoms with van der Waals surface area (Å²) in [5.74, 6) is -0.405. The monoisotopic (exact) mass is 331 g/mol. The van der Waals surface area contributed by atoms with Crippen LogP contribution in [0.5, 0.6) is 0 Å². The molecule has 0 atom stereocenters. The van der Waals surface area contributed by atoms with Crippen LogP contribution in [0, 0.1) is 13.8 Å². The van der Waals surface area contributed by atoms with E-state index in [2.05, 4.69) is 22.8 Å². The molecule has 1 aromatic rings. The number of hydrazone groups is 1. The third-order valence-corrected chi connectivity index (χ3v) is 3.88. The number of benzene rings is 1. The van der Waals surface area contributed by atoms with Crippen LogP contribution in [-0.4, -0.2) is 17.5 Å². The molecule has 1 aromatic carbocycles. The molecule has 0 aliphatic heterocycles. The molecule has 5 nitrogen and oxygen atoms in total. The summed E-state index contributed by atoms with van der Waals surface area (Å²) in [6.07, 6.45) is 4.57. The topological polar surface area (TPSA) is 70.6 Å². The van der Waals surface area contributed by atoms with E-state index >= 15 is 0 Å². The molecule has 0 bridgehead atoms. The van der Waals surface area contributed by atoms with Crippen LogP contribution in [0.1, 0.15) is 63.5 Å². The number of hydrogen-bond donors (Lipinski definition) is 2. The maximum Gasteiger partial charge on any atom is 0.240 e. The maximum atomic E-state index is 11.9. The summed E-state index contributed by atoms with van der Waals surface area (Å²) in [7, 11) is 0. The van der Waals surface area contributed by atoms with E-state index in [1.807, 2.05) is 39.0 Å². The summed E-state index contributed by atoms with van der Waals surface area (Å²) in [5.41, 5.74) is 6.49. The van der Waals surface area contributed by atoms with Crippen molar-refractivity contribution in [1.82, 2.24) is 5.43 Å². The average molecular weight is 331 g/mol. The molecule has 0 aliphatic rings. The van der Waals surface area contributed by atoms with Gasteiger partial charge in [-0.2, -0.15) is 5.10 Å². The zero-order valence-electron chi connectivity index (χ0n) is 15.2. The van der Waals surface area contributed by atoms with Gasteiger partial charge in [-0.15, -0.1) is 0 Å². The molecule has 24 heavy (non-hydrogen) atoms. The van der Waals surface area contributed by atoms with Gasteiger partial charge in [0.1, 0.15) is 0 Å². The lowest BCUT2D eigenvalue weighted by Crippen LogP contribution is -2.21. The molecule has 5 heteroatoms. The predicted octanol–water partition coefficient (Wildman–Crippen LogP) is 4.09. The summed E-state index contributed by atoms with van der Waals surface area (Å²) in [5, 5.41) is 6.87. The third kappa shape index (κ3) is 7.90. The fourth-order valence-corrected chi connectivity index (χ4v) is 2.17. The summed E-state index contributed by atoms with van der Waals surface area (Å²) >= 11 is 0. The fraction of sp³-hybridized carbons (Fsp3) is 0.526. The number of carbonyl (C=O) groups is 2. The quantitative estimate of drug-likeness (QED) is 0.406. The number of anilines is 1. The van der Waals surface area contributed by atoms with E-state index in [1.165, 1.54) is 12.0 Å². The highest BCUT2D eigenvalue weighted by molar-refractivity contribution is 5.93. The van der Waals surface area contributed by atoms with Crippen LogP contribution in [0.25, 0.3) is 0 Å². The van der Waals surface area contributed by atoms with Crippen molar-refractivity contribution in [3.05, 3.63) is 29.3 Å². The van der Waals surface area contributed by atoms with Crippen LogP contribution in [0.4, 0.5) is 5.69 Å². The molecule has 0 radical (unpaired) electrons. The Balaban J connectivity index is 2.31. The molecular weight excluding hydrogens is 302 g/mol. The van der Waals surface area contributed by atoms with Crippen molar-refractivity contribution in [1.29, 1.82) is 0 Å². The Hall–Kier alpha value is -2.17. The third-order valence-electron chi connectivity index (χ3n) is 3.88. The molecule has 0 saturated carbocycles. The van der Waals surface area contributed by atoms with Gasteiger partial charge in [-0.1, -0.05) is 25.8 Å². The maximum absolute atomic E-state index is 11.9. The molecule has 0 spiro atoms. The Morgan fingerprint density at radius 1 is 1.00 bits per heavy atom. The number of nitrogens with zero attached hydrogens (tertiary/aromatic N) is 1. The second-order valence-electron chi connectivity index (χ2n) is 6.19. The Morgan fingerprint density at radius 3 is 2.38 bits per heavy atom. The number of hydrogen-bond acceptors (Lipinski definition) is 3. The van der Waals surface area contributed by atoms with Gasteiger partial charge in [0.15, 0.2) is 0 Å². The number of aryl methyl sites for hydroxylation is 2. The largest absolute Gasteiger partial charge is 0.326 e. The van der Waals surface area contributed by atoms with Crippen LogP contribution in [0.3, 0.4) is 0 Å². The Kier molecular flexibility index (Phi) is 8.76. The van der Waals surface area contributed by atoms with Gasteiger partial charge >= 0.3 is 0 Å². The van der Waals surface area contributed by atoms with Gasteiger partial charge in [0.05, 0.1) is 0 Å². The highest BCUT2D eigenvalue weighted by Gasteiger charge is 2.07. The van der Waals surface area contributed by atoms with E-state index < -0.39 is 0 Å². The van der Waals surface area contributed by atoms with Crippen LogP contribution >= 0.6 is 0 Å². The number of nitrogens with one attached hydrogen (secondary N) is 2. The van der Waals surface area contributed by atoms with Crippen molar-refractivity contribution >= 4 is 23.2 Å². The first-order valence-corrected chi connectivity index (χ1v) is 8.61. The molecule has 1 rings (SSSR count). The minimum atomic E-state index is -0.236. The zero-order valence-corrected chi connectivity index (χ0v) is 15.2. The summed E-state index contributed by atoms with van der Waals surface area (Å²) in [4.78, 5) is 23.6. The highest BCUT2D eigenvalue weighted by Crippen LogP contribution is 2.14. The number of rotatable bonds is 9. The van der Waals surface area contributed by atoms with Crippen molar-refractivity contribution in [3.8, 4) is 0 Å². The van der Waals surface area contributed by atoms with E-state index in [-0.39, 0.29) is 24.7 Å². The van der Waals surface area contributed by atoms with E-state index in [0.29, 0.717) is 0 Å². The lowest BCUT2D eigenvalue weighted by Gasteiger charge is -2.07. The molecule has 132 valence electrons. The lowest BCUT2D eigenvalue weighted by atomic mass is 10.1. The van der Waals surface area contributed by atoms with Crippen molar-refractivity contribution in [2.24, 2.45) is 5.10 Å². The van der Waals surface area contributed by atoms with Gasteiger partial charge in [-0.25, -0.2) is 5.43 Å². The average Bonchev–Trinajstić information content (AvgIpc) is 2.54. The molecule has 0 heterocycles. The minimum Gasteiger partial charge on any atom is -0.326 e. The lowest BCUT2D eigenvalue weighted by molar-refractivity contribution is -0.124. The first kappa shape index (κ1) is 19.9. The van der Waals surface area contributed by atoms with Crippen LogP contribution in [-0.2, 0) is 9.59 Å². The van der Waals surface area contributed by atoms with Crippen molar-refractivity contribution in [2.75, 3.05) is 5.32 Å². The second-order valence-corrected chi connectivity index (χ2v) is 6.19. The fourth-order valence-electron chi connectivity index (χ4n) is 2.17. The molecule has 0 aliphatic carbocycles. The van der Waals surface area contributed by atoms with Crippen molar-refractivity contribution in [2.45, 2.75) is 66.2 Å². The van der Waals surface area contributed by atoms with Gasteiger partial charge in [-0.3, -0.25) is 9.59 Å². The van der Waals surface area contributed by atoms with Crippen molar-refractivity contribution in [3.63, 3.8) is 0 Å². The summed E-state index contributed by atoms with van der Waals surface area (Å²) in [6, 6.07) is 5.76. The summed E-state index contributed by atoms with van der Waals surface area (Å²) < 4.78 is 0. The number of unbranched alkanes of at least 4 members (excludes halogenated alkanes) is 2. The second kappa shape index (κ2) is 10.6. The van der Waals surface area contributed by atoms with Crippen molar-refractivity contribution < 1.29 is 9.59 Å². The SMILES string of the molecule is CCCCC/C(C)=N/NC(=O)CCC(=O)Nc1ccc(C)c(C)c1. The van der Waals surface area contributed by atoms with E-state index in [1.54, 1.807) is 0 Å². The molecule has 0 aromatic heterocycles. The first-order valence-electron chi connectivity index (χ1n) is 8.61. The minimum absolute atomic E-state index is 0.127. The molecule has 2 amide bonds. The molecule has 0 saturated heterocycles. The molecular formula is C19H29N3O2. The van der Waals surface area contributed by atoms with Gasteiger partial charge in [0, 0.05) is 24.2 Å². The standard InChI is InChI=1S/C19H29N3O2/c1-5-6-7-8-16(4)21-22-19(24)12-11-18(23)20-17-10-9-14(2)15(3)13-17/h9-10,13H,5-8,11-12H2,1-4H3,(H,20,23)(H,22,24)/b21-16+. The Labute approximate surface area is 144 Å². The molecule has 0 fully saturated rings. The van der Waals surface area contributed by atoms with Gasteiger partial charge < -0.3 is 5.32 Å². The number of amides is 2. The Bertz CT molecular complexity index is 594. The summed E-state index contributed by atoms with van der Waals surface area (Å²) in [6.45, 7) is 8.08. The van der Waals surface area contributed by atoms with Gasteiger partial charge in [0.25, 0.3) is 0 Å². The zero-order chi connectivity index (χ0) is 17.9. The normalized spacial score (nSPS) is 11.2. The van der Waals surface area contributed by atoms with Crippen LogP contribution in [0.15, 0.2) is 23.3 Å². The van der Waals surface area contributed by atoms with Gasteiger partial charge in [-0.05, 0) is 56.9 Å². The highest BCUT2D eigenvalue weighted by atomic mass is 16.2. The smallest absolute Gasteiger partial charge is 0.240 e.